The van der Waals surface area contributed by atoms with Crippen molar-refractivity contribution in [1.29, 1.82) is 0 Å². The van der Waals surface area contributed by atoms with Crippen molar-refractivity contribution in [2.75, 3.05) is 0 Å². The molecule has 0 spiro atoms. The summed E-state index contributed by atoms with van der Waals surface area (Å²) in [4.78, 5) is 10.7. The minimum absolute atomic E-state index is 0.158. The van der Waals surface area contributed by atoms with E-state index in [2.05, 4.69) is 0 Å². The van der Waals surface area contributed by atoms with Gasteiger partial charge in [0.25, 0.3) is 0 Å². The summed E-state index contributed by atoms with van der Waals surface area (Å²) in [5.41, 5.74) is 4.14. The highest BCUT2D eigenvalue weighted by Gasteiger charge is 2.58. The molecule has 7 heteroatoms. The van der Waals surface area contributed by atoms with Gasteiger partial charge in [0.1, 0.15) is 6.29 Å². The summed E-state index contributed by atoms with van der Waals surface area (Å²) in [6.07, 6.45) is 0.638. The summed E-state index contributed by atoms with van der Waals surface area (Å²) in [7, 11) is -0.803. The maximum Gasteiger partial charge on any atom is 0.520 e. The molecule has 1 aromatic rings. The average molecular weight is 307 g/mol. The molecule has 22 heavy (non-hydrogen) atoms. The van der Waals surface area contributed by atoms with Gasteiger partial charge in [-0.3, -0.25) is 10.5 Å². The first-order valence-electron chi connectivity index (χ1n) is 7.10. The molecule has 1 aromatic carbocycles. The van der Waals surface area contributed by atoms with Crippen molar-refractivity contribution in [3.05, 3.63) is 23.8 Å². The van der Waals surface area contributed by atoms with Gasteiger partial charge >= 0.3 is 7.12 Å². The van der Waals surface area contributed by atoms with Crippen LogP contribution in [-0.4, -0.2) is 35.3 Å². The first-order valence-corrected chi connectivity index (χ1v) is 7.10. The number of ether oxygens (including phenoxy) is 1. The van der Waals surface area contributed by atoms with Crippen molar-refractivity contribution < 1.29 is 23.9 Å². The van der Waals surface area contributed by atoms with E-state index in [1.165, 1.54) is 18.2 Å². The molecule has 1 atom stereocenters. The molecule has 1 saturated heterocycles. The molecule has 0 amide bonds. The Balaban J connectivity index is 2.20. The van der Waals surface area contributed by atoms with Crippen LogP contribution in [0.5, 0.6) is 11.5 Å². The maximum atomic E-state index is 10.7. The van der Waals surface area contributed by atoms with Gasteiger partial charge in [-0.15, -0.1) is 0 Å². The number of phenols is 1. The van der Waals surface area contributed by atoms with Gasteiger partial charge in [-0.2, -0.15) is 0 Å². The third-order valence-electron chi connectivity index (χ3n) is 4.17. The van der Waals surface area contributed by atoms with Crippen LogP contribution in [0.3, 0.4) is 0 Å². The fourth-order valence-corrected chi connectivity index (χ4v) is 2.06. The normalized spacial score (nSPS) is 22.2. The van der Waals surface area contributed by atoms with Crippen LogP contribution < -0.4 is 10.5 Å². The number of hydrogen-bond donors (Lipinski definition) is 2. The highest BCUT2D eigenvalue weighted by atomic mass is 16.7. The number of aromatic hydroxyl groups is 1. The Morgan fingerprint density at radius 3 is 2.27 bits per heavy atom. The fourth-order valence-electron chi connectivity index (χ4n) is 2.06. The summed E-state index contributed by atoms with van der Waals surface area (Å²) >= 11 is 0. The molecule has 0 aromatic heterocycles. The van der Waals surface area contributed by atoms with Crippen LogP contribution >= 0.6 is 0 Å². The van der Waals surface area contributed by atoms with E-state index in [0.29, 0.717) is 11.8 Å². The van der Waals surface area contributed by atoms with Crippen molar-refractivity contribution in [2.24, 2.45) is 5.73 Å². The van der Waals surface area contributed by atoms with E-state index in [1.54, 1.807) is 6.92 Å². The number of carbonyl (C=O) groups is 1. The number of aldehydes is 1. The first-order chi connectivity index (χ1) is 9.98. The molecule has 1 aliphatic rings. The third kappa shape index (κ3) is 2.97. The van der Waals surface area contributed by atoms with Crippen molar-refractivity contribution in [2.45, 2.75) is 51.4 Å². The van der Waals surface area contributed by atoms with Crippen LogP contribution in [0.4, 0.5) is 0 Å². The quantitative estimate of drug-likeness (QED) is 0.501. The van der Waals surface area contributed by atoms with Crippen molar-refractivity contribution >= 4 is 13.4 Å². The Kier molecular flexibility index (Phi) is 4.02. The largest absolute Gasteiger partial charge is 0.520 e. The number of phenolic OH excluding ortho intramolecular Hbond substituents is 1. The maximum absolute atomic E-state index is 10.7. The number of carbonyl (C=O) groups excluding carboxylic acids is 1. The van der Waals surface area contributed by atoms with Crippen LogP contribution in [0.2, 0.25) is 0 Å². The lowest BCUT2D eigenvalue weighted by Gasteiger charge is -2.32. The molecule has 1 aliphatic heterocycles. The van der Waals surface area contributed by atoms with Crippen LogP contribution in [0.25, 0.3) is 0 Å². The van der Waals surface area contributed by atoms with Crippen LogP contribution in [0.1, 0.15) is 45.0 Å². The van der Waals surface area contributed by atoms with Crippen LogP contribution in [0, 0.1) is 0 Å². The Bertz CT molecular complexity index is 569. The fraction of sp³-hybridized carbons (Fsp3) is 0.533. The van der Waals surface area contributed by atoms with Crippen molar-refractivity contribution in [3.63, 3.8) is 0 Å². The SMILES string of the molecule is CC1(C)OB([C@](C)(N)Oc2ccc(C=O)cc2O)OC1(C)C. The molecule has 120 valence electrons. The molecule has 2 rings (SSSR count). The first kappa shape index (κ1) is 16.8. The van der Waals surface area contributed by atoms with E-state index in [0.717, 1.165) is 0 Å². The highest BCUT2D eigenvalue weighted by Crippen LogP contribution is 2.40. The smallest absolute Gasteiger partial charge is 0.504 e. The lowest BCUT2D eigenvalue weighted by Crippen LogP contribution is -2.58. The molecule has 0 radical (unpaired) electrons. The van der Waals surface area contributed by atoms with Gasteiger partial charge in [0.15, 0.2) is 17.1 Å². The zero-order chi connectivity index (χ0) is 16.8. The minimum Gasteiger partial charge on any atom is -0.504 e. The second kappa shape index (κ2) is 5.26. The van der Waals surface area contributed by atoms with Crippen molar-refractivity contribution in [1.82, 2.24) is 0 Å². The van der Waals surface area contributed by atoms with Crippen molar-refractivity contribution in [3.8, 4) is 11.5 Å². The molecule has 1 heterocycles. The van der Waals surface area contributed by atoms with Gasteiger partial charge in [0.2, 0.25) is 0 Å². The summed E-state index contributed by atoms with van der Waals surface area (Å²) in [6.45, 7) is 9.28. The monoisotopic (exact) mass is 307 g/mol. The van der Waals surface area contributed by atoms with E-state index in [-0.39, 0.29) is 11.5 Å². The molecule has 0 bridgehead atoms. The topological polar surface area (TPSA) is 91.0 Å². The number of benzene rings is 1. The second-order valence-electron chi connectivity index (χ2n) is 6.72. The molecule has 0 aliphatic carbocycles. The van der Waals surface area contributed by atoms with Crippen LogP contribution in [0.15, 0.2) is 18.2 Å². The summed E-state index contributed by atoms with van der Waals surface area (Å²) in [6, 6.07) is 4.32. The Morgan fingerprint density at radius 2 is 1.82 bits per heavy atom. The lowest BCUT2D eigenvalue weighted by atomic mass is 9.75. The molecule has 6 nitrogen and oxygen atoms in total. The predicted molar refractivity (Wildman–Crippen MR) is 82.8 cm³/mol. The average Bonchev–Trinajstić information content (AvgIpc) is 2.61. The Labute approximate surface area is 130 Å². The van der Waals surface area contributed by atoms with Gasteiger partial charge < -0.3 is 19.2 Å². The highest BCUT2D eigenvalue weighted by molar-refractivity contribution is 6.49. The van der Waals surface area contributed by atoms with Gasteiger partial charge in [0, 0.05) is 5.56 Å². The summed E-state index contributed by atoms with van der Waals surface area (Å²) < 4.78 is 17.4. The van der Waals surface area contributed by atoms with Gasteiger partial charge in [-0.25, -0.2) is 0 Å². The number of hydrogen-bond acceptors (Lipinski definition) is 6. The molecule has 0 saturated carbocycles. The molecule has 1 fully saturated rings. The molecule has 0 unspecified atom stereocenters. The second-order valence-corrected chi connectivity index (χ2v) is 6.72. The van der Waals surface area contributed by atoms with Gasteiger partial charge in [0.05, 0.1) is 11.2 Å². The Hall–Kier alpha value is -1.57. The summed E-state index contributed by atoms with van der Waals surface area (Å²) in [5, 5.41) is 9.91. The summed E-state index contributed by atoms with van der Waals surface area (Å²) in [5.74, 6) is -0.0110. The molecule has 3 N–H and O–H groups in total. The van der Waals surface area contributed by atoms with Gasteiger partial charge in [-0.05, 0) is 52.8 Å². The standard InChI is InChI=1S/C15H22BNO5/c1-13(2)14(3,4)22-16(21-13)15(5,17)20-12-7-6-10(9-18)8-11(12)19/h6-9,19H,17H2,1-5H3/t15-/m1/s1. The van der Waals surface area contributed by atoms with Gasteiger partial charge in [-0.1, -0.05) is 0 Å². The zero-order valence-corrected chi connectivity index (χ0v) is 13.5. The number of nitrogens with two attached hydrogens (primary N) is 1. The molecular formula is C15H22BNO5. The van der Waals surface area contributed by atoms with E-state index >= 15 is 0 Å². The third-order valence-corrected chi connectivity index (χ3v) is 4.17. The Morgan fingerprint density at radius 1 is 1.27 bits per heavy atom. The molecular weight excluding hydrogens is 285 g/mol. The van der Waals surface area contributed by atoms with E-state index in [4.69, 9.17) is 19.8 Å². The van der Waals surface area contributed by atoms with Crippen LogP contribution in [-0.2, 0) is 9.31 Å². The minimum atomic E-state index is -1.31. The lowest BCUT2D eigenvalue weighted by molar-refractivity contribution is 0.00578. The predicted octanol–water partition coefficient (Wildman–Crippen LogP) is 1.89. The zero-order valence-electron chi connectivity index (χ0n) is 13.5. The van der Waals surface area contributed by atoms with E-state index in [1.807, 2.05) is 27.7 Å². The van der Waals surface area contributed by atoms with E-state index in [9.17, 15) is 9.90 Å². The number of rotatable bonds is 4. The van der Waals surface area contributed by atoms with E-state index < -0.39 is 23.9 Å².